The van der Waals surface area contributed by atoms with Crippen LogP contribution in [-0.2, 0) is 27.8 Å². The van der Waals surface area contributed by atoms with Gasteiger partial charge in [0, 0.05) is 71.7 Å². The van der Waals surface area contributed by atoms with Crippen LogP contribution in [0.1, 0.15) is 94.4 Å². The molecule has 1 saturated heterocycles. The van der Waals surface area contributed by atoms with Gasteiger partial charge in [0.1, 0.15) is 23.0 Å². The molecule has 260 valence electrons. The number of morpholine rings is 1. The summed E-state index contributed by atoms with van der Waals surface area (Å²) in [7, 11) is 0. The van der Waals surface area contributed by atoms with E-state index in [4.69, 9.17) is 44.9 Å². The van der Waals surface area contributed by atoms with Gasteiger partial charge < -0.3 is 19.9 Å². The number of Topliss-reactive ketones (excluding diaryl/α,β-unsaturated/α-hetero) is 1. The number of aromatic nitrogens is 3. The number of ketones is 1. The molecule has 1 aliphatic heterocycles. The summed E-state index contributed by atoms with van der Waals surface area (Å²) in [5.74, 6) is -0.845. The monoisotopic (exact) mass is 693 g/mol. The number of fused-ring (bicyclic) bond motifs is 1. The Labute approximate surface area is 301 Å². The number of amides is 1. The van der Waals surface area contributed by atoms with Gasteiger partial charge >= 0.3 is 0 Å². The van der Waals surface area contributed by atoms with Crippen LogP contribution in [0.25, 0.3) is 10.9 Å². The second-order valence-corrected chi connectivity index (χ2v) is 13.9. The van der Waals surface area contributed by atoms with E-state index in [-0.39, 0.29) is 67.2 Å². The Morgan fingerprint density at radius 2 is 1.84 bits per heavy atom. The van der Waals surface area contributed by atoms with Crippen LogP contribution >= 0.6 is 11.6 Å². The normalized spacial score (nSPS) is 18.6. The Kier molecular flexibility index (Phi) is 8.66. The summed E-state index contributed by atoms with van der Waals surface area (Å²) in [5, 5.41) is 5.55. The van der Waals surface area contributed by atoms with Crippen LogP contribution in [-0.4, -0.2) is 70.7 Å². The van der Waals surface area contributed by atoms with Crippen molar-refractivity contribution in [3.63, 3.8) is 0 Å². The van der Waals surface area contributed by atoms with Crippen LogP contribution < -0.4 is 15.2 Å². The van der Waals surface area contributed by atoms with Crippen LogP contribution in [0, 0.1) is 0 Å². The maximum Gasteiger partial charge on any atom is 0.252 e. The summed E-state index contributed by atoms with van der Waals surface area (Å²) < 4.78 is 70.0. The number of primary amides is 1. The molecule has 2 fully saturated rings. The predicted molar refractivity (Wildman–Crippen MR) is 190 cm³/mol. The number of nitrogens with two attached hydrogens (primary N) is 1. The van der Waals surface area contributed by atoms with Gasteiger partial charge in [0.05, 0.1) is 45.3 Å². The molecule has 2 aromatic heterocycles. The van der Waals surface area contributed by atoms with Gasteiger partial charge in [-0.2, -0.15) is 5.10 Å². The third-order valence-corrected chi connectivity index (χ3v) is 9.13. The van der Waals surface area contributed by atoms with Crippen molar-refractivity contribution in [3.05, 3.63) is 76.2 Å². The summed E-state index contributed by atoms with van der Waals surface area (Å²) in [6, 6.07) is 11.4. The van der Waals surface area contributed by atoms with E-state index < -0.39 is 31.1 Å². The molecular formula is C38H46ClN5O5. The first kappa shape index (κ1) is 27.8. The molecule has 2 aromatic carbocycles. The van der Waals surface area contributed by atoms with Crippen LogP contribution in [0.15, 0.2) is 48.7 Å². The van der Waals surface area contributed by atoms with Gasteiger partial charge in [0.25, 0.3) is 5.91 Å². The number of ether oxygens (including phenoxy) is 3. The van der Waals surface area contributed by atoms with Crippen molar-refractivity contribution in [2.24, 2.45) is 5.73 Å². The smallest absolute Gasteiger partial charge is 0.252 e. The number of hydrogen-bond donors (Lipinski definition) is 1. The molecule has 1 saturated carbocycles. The lowest BCUT2D eigenvalue weighted by Gasteiger charge is -2.26. The van der Waals surface area contributed by atoms with Crippen LogP contribution in [0.2, 0.25) is 5.02 Å². The van der Waals surface area contributed by atoms with E-state index in [1.54, 1.807) is 24.3 Å². The topological polar surface area (TPSA) is 122 Å². The van der Waals surface area contributed by atoms with Gasteiger partial charge in [-0.15, -0.1) is 0 Å². The molecule has 2 N–H and O–H groups in total. The lowest BCUT2D eigenvalue weighted by atomic mass is 9.92. The second kappa shape index (κ2) is 15.3. The summed E-state index contributed by atoms with van der Waals surface area (Å²) in [6.07, 6.45) is 2.96. The quantitative estimate of drug-likeness (QED) is 0.162. The first-order chi connectivity index (χ1) is 25.8. The highest BCUT2D eigenvalue weighted by molar-refractivity contribution is 6.31. The standard InChI is InChI=1S/C38H46ClN5O5/c1-38(2,3)36-21-27(44(42-36)26-7-4-5-8-26)20-28(45)19-25-9-10-29(22-32(25)39)49-34-11-12-41-33-24-35(31(37(40)46)23-30(33)34)48-16-6-13-43-14-17-47-18-15-43/h9-12,21-24,26H,4-8,13-20H2,1-3H3,(H2,40,46)/i6D2,13D2,16D2. The van der Waals surface area contributed by atoms with Crippen molar-refractivity contribution in [1.29, 1.82) is 0 Å². The number of rotatable bonds is 13. The van der Waals surface area contributed by atoms with E-state index in [1.165, 1.54) is 18.3 Å². The fraction of sp³-hybridized carbons (Fsp3) is 0.474. The Bertz CT molecular complexity index is 2080. The van der Waals surface area contributed by atoms with E-state index in [1.807, 2.05) is 6.07 Å². The molecule has 1 aliphatic carbocycles. The van der Waals surface area contributed by atoms with Crippen molar-refractivity contribution in [3.8, 4) is 17.2 Å². The SMILES string of the molecule is [2H]C([2H])(Oc1cc2nccc(Oc3ccc(CC(=O)Cc4cc(C(C)(C)C)nn4C4CCCC4)c(Cl)c3)c2cc1C(N)=O)C([2H])([2H])C([2H])([2H])N1CCOCC1. The van der Waals surface area contributed by atoms with Gasteiger partial charge in [-0.3, -0.25) is 24.2 Å². The largest absolute Gasteiger partial charge is 0.493 e. The van der Waals surface area contributed by atoms with E-state index >= 15 is 0 Å². The Hall–Kier alpha value is -3.99. The molecule has 0 bridgehead atoms. The molecule has 1 amide bonds. The highest BCUT2D eigenvalue weighted by Gasteiger charge is 2.26. The fourth-order valence-corrected chi connectivity index (χ4v) is 6.34. The summed E-state index contributed by atoms with van der Waals surface area (Å²) >= 11 is 6.69. The van der Waals surface area contributed by atoms with Gasteiger partial charge in [-0.1, -0.05) is 51.3 Å². The summed E-state index contributed by atoms with van der Waals surface area (Å²) in [5.41, 5.74) is 7.94. The van der Waals surface area contributed by atoms with E-state index in [0.717, 1.165) is 42.0 Å². The minimum atomic E-state index is -3.27. The third-order valence-electron chi connectivity index (χ3n) is 8.78. The number of carbonyl (C=O) groups excluding carboxylic acids is 2. The molecule has 2 aliphatic rings. The molecule has 3 heterocycles. The molecule has 0 spiro atoms. The number of carbonyl (C=O) groups is 2. The molecule has 0 atom stereocenters. The lowest BCUT2D eigenvalue weighted by Crippen LogP contribution is -2.37. The van der Waals surface area contributed by atoms with Crippen molar-refractivity contribution in [2.75, 3.05) is 39.4 Å². The number of hydrogen-bond acceptors (Lipinski definition) is 8. The van der Waals surface area contributed by atoms with Crippen molar-refractivity contribution < 1.29 is 32.0 Å². The van der Waals surface area contributed by atoms with Gasteiger partial charge in [-0.05, 0) is 55.1 Å². The molecule has 10 nitrogen and oxygen atoms in total. The number of nitrogens with zero attached hydrogens (tertiary/aromatic N) is 4. The average molecular weight is 694 g/mol. The minimum Gasteiger partial charge on any atom is -0.493 e. The number of halogens is 1. The lowest BCUT2D eigenvalue weighted by molar-refractivity contribution is -0.117. The van der Waals surface area contributed by atoms with Crippen molar-refractivity contribution in [2.45, 2.75) is 77.1 Å². The molecule has 6 rings (SSSR count). The average Bonchev–Trinajstić information content (AvgIpc) is 3.80. The predicted octanol–water partition coefficient (Wildman–Crippen LogP) is 6.84. The Balaban J connectivity index is 1.20. The number of pyridine rings is 1. The summed E-state index contributed by atoms with van der Waals surface area (Å²) in [4.78, 5) is 31.5. The molecular weight excluding hydrogens is 642 g/mol. The first-order valence-corrected chi connectivity index (χ1v) is 17.0. The van der Waals surface area contributed by atoms with E-state index in [9.17, 15) is 9.59 Å². The first-order valence-electron chi connectivity index (χ1n) is 19.6. The molecule has 11 heteroatoms. The fourth-order valence-electron chi connectivity index (χ4n) is 6.11. The summed E-state index contributed by atoms with van der Waals surface area (Å²) in [6.45, 7) is 0.692. The van der Waals surface area contributed by atoms with E-state index in [2.05, 4.69) is 30.4 Å². The van der Waals surface area contributed by atoms with Crippen molar-refractivity contribution in [1.82, 2.24) is 19.7 Å². The zero-order chi connectivity index (χ0) is 39.9. The van der Waals surface area contributed by atoms with Gasteiger partial charge in [0.15, 0.2) is 0 Å². The zero-order valence-electron chi connectivity index (χ0n) is 34.1. The highest BCUT2D eigenvalue weighted by atomic mass is 35.5. The molecule has 49 heavy (non-hydrogen) atoms. The van der Waals surface area contributed by atoms with Gasteiger partial charge in [0.2, 0.25) is 0 Å². The van der Waals surface area contributed by atoms with Crippen LogP contribution in [0.5, 0.6) is 17.2 Å². The Morgan fingerprint density at radius 1 is 1.06 bits per heavy atom. The van der Waals surface area contributed by atoms with Crippen molar-refractivity contribution >= 4 is 34.2 Å². The third kappa shape index (κ3) is 8.60. The highest BCUT2D eigenvalue weighted by Crippen LogP contribution is 2.36. The minimum absolute atomic E-state index is 0.00185. The maximum absolute atomic E-state index is 13.4. The molecule has 0 unspecified atom stereocenters. The Morgan fingerprint density at radius 3 is 2.55 bits per heavy atom. The van der Waals surface area contributed by atoms with Crippen LogP contribution in [0.3, 0.4) is 0 Å². The van der Waals surface area contributed by atoms with Crippen LogP contribution in [0.4, 0.5) is 0 Å². The van der Waals surface area contributed by atoms with E-state index in [0.29, 0.717) is 27.8 Å². The molecule has 0 radical (unpaired) electrons. The number of benzene rings is 2. The second-order valence-electron chi connectivity index (χ2n) is 13.5. The molecule has 4 aromatic rings. The maximum atomic E-state index is 13.4. The van der Waals surface area contributed by atoms with Gasteiger partial charge in [-0.25, -0.2) is 0 Å². The zero-order valence-corrected chi connectivity index (χ0v) is 28.8.